The van der Waals surface area contributed by atoms with Crippen LogP contribution in [-0.2, 0) is 4.79 Å². The molecule has 4 rings (SSSR count). The Labute approximate surface area is 225 Å². The normalized spacial score (nSPS) is 11.3. The molecule has 37 heavy (non-hydrogen) atoms. The van der Waals surface area contributed by atoms with Crippen LogP contribution < -0.4 is 20.5 Å². The fraction of sp³-hybridized carbons (Fsp3) is 0.160. The summed E-state index contributed by atoms with van der Waals surface area (Å²) in [5.41, 5.74) is 8.34. The van der Waals surface area contributed by atoms with Crippen LogP contribution in [-0.4, -0.2) is 35.3 Å². The molecule has 186 valence electrons. The third kappa shape index (κ3) is 5.37. The maximum atomic E-state index is 13.0. The van der Waals surface area contributed by atoms with Gasteiger partial charge in [0.25, 0.3) is 0 Å². The predicted octanol–water partition coefficient (Wildman–Crippen LogP) is 5.40. The molecule has 1 amide bonds. The number of methoxy groups -OCH3 is 2. The van der Waals surface area contributed by atoms with Crippen molar-refractivity contribution in [3.8, 4) is 45.3 Å². The van der Waals surface area contributed by atoms with Gasteiger partial charge in [0.1, 0.15) is 28.5 Å². The van der Waals surface area contributed by atoms with Crippen LogP contribution in [0.2, 0.25) is 0 Å². The molecule has 0 spiro atoms. The van der Waals surface area contributed by atoms with Gasteiger partial charge < -0.3 is 20.5 Å². The van der Waals surface area contributed by atoms with Gasteiger partial charge in [0.2, 0.25) is 5.91 Å². The van der Waals surface area contributed by atoms with Crippen molar-refractivity contribution < 1.29 is 14.3 Å². The smallest absolute Gasteiger partial charge is 0.239 e. The van der Waals surface area contributed by atoms with Gasteiger partial charge in [-0.05, 0) is 36.6 Å². The Morgan fingerprint density at radius 3 is 2.51 bits per heavy atom. The molecule has 0 bridgehead atoms. The number of rotatable bonds is 8. The van der Waals surface area contributed by atoms with Gasteiger partial charge >= 0.3 is 0 Å². The Bertz CT molecular complexity index is 1540. The number of nitrogen functional groups attached to an aromatic ring is 1. The van der Waals surface area contributed by atoms with Crippen LogP contribution in [0.4, 0.5) is 10.9 Å². The van der Waals surface area contributed by atoms with Crippen molar-refractivity contribution in [1.82, 2.24) is 9.97 Å². The maximum Gasteiger partial charge on any atom is 0.239 e. The minimum atomic E-state index is -0.628. The lowest BCUT2D eigenvalue weighted by molar-refractivity contribution is -0.115. The highest BCUT2D eigenvalue weighted by Crippen LogP contribution is 2.39. The highest BCUT2D eigenvalue weighted by atomic mass is 32.2. The van der Waals surface area contributed by atoms with E-state index in [1.165, 1.54) is 22.7 Å². The number of benzene rings is 1. The standard InChI is InChI=1S/C25H20N6O3S3/c1-13(37-24-16(11-27)21(20-5-4-8-35-20)15(10-26)22(28)30-24)23(32)31-25-29-17(12-36-25)14-6-7-18(33-2)19(9-14)34-3/h4-9,12-13H,1-3H3,(H2,28,30)(H,29,31,32). The van der Waals surface area contributed by atoms with Gasteiger partial charge in [-0.3, -0.25) is 4.79 Å². The topological polar surface area (TPSA) is 147 Å². The summed E-state index contributed by atoms with van der Waals surface area (Å²) in [6.07, 6.45) is 0. The van der Waals surface area contributed by atoms with Gasteiger partial charge in [-0.2, -0.15) is 10.5 Å². The molecule has 9 nitrogen and oxygen atoms in total. The molecule has 0 aliphatic rings. The van der Waals surface area contributed by atoms with Crippen LogP contribution in [0.5, 0.6) is 11.5 Å². The highest BCUT2D eigenvalue weighted by Gasteiger charge is 2.25. The molecule has 0 fully saturated rings. The van der Waals surface area contributed by atoms with Crippen molar-refractivity contribution >= 4 is 51.3 Å². The van der Waals surface area contributed by atoms with E-state index in [9.17, 15) is 15.3 Å². The molecule has 0 saturated heterocycles. The molecule has 1 atom stereocenters. The summed E-state index contributed by atoms with van der Waals surface area (Å²) < 4.78 is 10.6. The first-order valence-electron chi connectivity index (χ1n) is 10.7. The van der Waals surface area contributed by atoms with Gasteiger partial charge in [0.15, 0.2) is 16.6 Å². The average molecular weight is 549 g/mol. The minimum absolute atomic E-state index is 0.0134. The summed E-state index contributed by atoms with van der Waals surface area (Å²) in [5, 5.41) is 26.1. The van der Waals surface area contributed by atoms with Crippen LogP contribution in [0, 0.1) is 22.7 Å². The van der Waals surface area contributed by atoms with Gasteiger partial charge in [0.05, 0.1) is 30.7 Å². The van der Waals surface area contributed by atoms with Crippen LogP contribution in [0.15, 0.2) is 46.1 Å². The second-order valence-corrected chi connectivity index (χ2v) is 10.6. The third-order valence-electron chi connectivity index (χ3n) is 5.25. The van der Waals surface area contributed by atoms with Crippen molar-refractivity contribution in [2.24, 2.45) is 0 Å². The lowest BCUT2D eigenvalue weighted by Crippen LogP contribution is -2.22. The van der Waals surface area contributed by atoms with E-state index in [0.717, 1.165) is 22.2 Å². The number of ether oxygens (including phenoxy) is 2. The summed E-state index contributed by atoms with van der Waals surface area (Å²) in [5.74, 6) is 0.883. The van der Waals surface area contributed by atoms with Gasteiger partial charge in [-0.15, -0.1) is 22.7 Å². The molecular weight excluding hydrogens is 529 g/mol. The van der Waals surface area contributed by atoms with Crippen LogP contribution in [0.25, 0.3) is 21.7 Å². The zero-order valence-electron chi connectivity index (χ0n) is 19.9. The first-order chi connectivity index (χ1) is 17.9. The molecule has 3 heterocycles. The number of hydrogen-bond donors (Lipinski definition) is 2. The van der Waals surface area contributed by atoms with E-state index >= 15 is 0 Å². The van der Waals surface area contributed by atoms with E-state index in [-0.39, 0.29) is 27.9 Å². The second-order valence-electron chi connectivity index (χ2n) is 7.49. The first-order valence-corrected chi connectivity index (χ1v) is 13.4. The number of nitrogens with zero attached hydrogens (tertiary/aromatic N) is 4. The molecule has 0 aliphatic carbocycles. The molecule has 3 N–H and O–H groups in total. The number of hydrogen-bond acceptors (Lipinski definition) is 11. The third-order valence-corrected chi connectivity index (χ3v) is 7.99. The first kappa shape index (κ1) is 26.0. The number of thioether (sulfide) groups is 1. The molecule has 3 aromatic heterocycles. The Morgan fingerprint density at radius 2 is 1.86 bits per heavy atom. The number of thiazole rings is 1. The number of nitrogens with one attached hydrogen (secondary N) is 1. The molecule has 1 aromatic carbocycles. The lowest BCUT2D eigenvalue weighted by atomic mass is 10.0. The Balaban J connectivity index is 1.54. The average Bonchev–Trinajstić information content (AvgIpc) is 3.60. The van der Waals surface area contributed by atoms with E-state index in [1.54, 1.807) is 27.2 Å². The largest absolute Gasteiger partial charge is 0.493 e. The fourth-order valence-electron chi connectivity index (χ4n) is 3.44. The Morgan fingerprint density at radius 1 is 1.11 bits per heavy atom. The molecule has 1 unspecified atom stereocenters. The second kappa shape index (κ2) is 11.3. The predicted molar refractivity (Wildman–Crippen MR) is 146 cm³/mol. The lowest BCUT2D eigenvalue weighted by Gasteiger charge is -2.14. The fourth-order valence-corrected chi connectivity index (χ4v) is 5.86. The number of anilines is 2. The number of carbonyl (C=O) groups excluding carboxylic acids is 1. The number of pyridine rings is 1. The van der Waals surface area contributed by atoms with Crippen LogP contribution >= 0.6 is 34.4 Å². The van der Waals surface area contributed by atoms with Gasteiger partial charge in [-0.25, -0.2) is 9.97 Å². The van der Waals surface area contributed by atoms with Crippen molar-refractivity contribution in [1.29, 1.82) is 10.5 Å². The SMILES string of the molecule is COc1ccc(-c2csc(NC(=O)C(C)Sc3nc(N)c(C#N)c(-c4cccs4)c3C#N)n2)cc1OC. The van der Waals surface area contributed by atoms with E-state index in [2.05, 4.69) is 21.4 Å². The molecule has 0 aliphatic heterocycles. The van der Waals surface area contributed by atoms with Crippen LogP contribution in [0.3, 0.4) is 0 Å². The summed E-state index contributed by atoms with van der Waals surface area (Å²) in [7, 11) is 3.13. The van der Waals surface area contributed by atoms with E-state index < -0.39 is 5.25 Å². The number of nitrogens with two attached hydrogens (primary N) is 1. The Kier molecular flexibility index (Phi) is 7.94. The van der Waals surface area contributed by atoms with E-state index in [1.807, 2.05) is 41.1 Å². The molecule has 0 radical (unpaired) electrons. The van der Waals surface area contributed by atoms with E-state index in [4.69, 9.17) is 15.2 Å². The molecular formula is C25H20N6O3S3. The summed E-state index contributed by atoms with van der Waals surface area (Å²) in [6.45, 7) is 1.70. The van der Waals surface area contributed by atoms with Crippen molar-refractivity contribution in [2.75, 3.05) is 25.3 Å². The van der Waals surface area contributed by atoms with E-state index in [0.29, 0.717) is 27.9 Å². The number of aromatic nitrogens is 2. The highest BCUT2D eigenvalue weighted by molar-refractivity contribution is 8.00. The number of nitriles is 2. The summed E-state index contributed by atoms with van der Waals surface area (Å²) >= 11 is 3.77. The van der Waals surface area contributed by atoms with Gasteiger partial charge in [0, 0.05) is 21.4 Å². The Hall–Kier alpha value is -4.10. The molecule has 4 aromatic rings. The number of carbonyl (C=O) groups is 1. The number of amides is 1. The maximum absolute atomic E-state index is 13.0. The monoisotopic (exact) mass is 548 g/mol. The van der Waals surface area contributed by atoms with Crippen molar-refractivity contribution in [3.05, 3.63) is 52.2 Å². The minimum Gasteiger partial charge on any atom is -0.493 e. The van der Waals surface area contributed by atoms with Crippen molar-refractivity contribution in [3.63, 3.8) is 0 Å². The molecule has 12 heteroatoms. The van der Waals surface area contributed by atoms with Crippen molar-refractivity contribution in [2.45, 2.75) is 17.2 Å². The van der Waals surface area contributed by atoms with Crippen LogP contribution in [0.1, 0.15) is 18.1 Å². The summed E-state index contributed by atoms with van der Waals surface area (Å²) in [6, 6.07) is 13.3. The summed E-state index contributed by atoms with van der Waals surface area (Å²) in [4.78, 5) is 22.5. The zero-order valence-corrected chi connectivity index (χ0v) is 22.4. The zero-order chi connectivity index (χ0) is 26.5. The van der Waals surface area contributed by atoms with Gasteiger partial charge in [-0.1, -0.05) is 17.8 Å². The molecule has 0 saturated carbocycles. The quantitative estimate of drug-likeness (QED) is 0.276. The number of thiophene rings is 1.